The summed E-state index contributed by atoms with van der Waals surface area (Å²) in [5.74, 6) is -1.38. The van der Waals surface area contributed by atoms with Crippen LogP contribution >= 0.6 is 0 Å². The van der Waals surface area contributed by atoms with E-state index in [1.54, 1.807) is 0 Å². The molecule has 0 radical (unpaired) electrons. The standard InChI is InChI=1S/C38H46N2O8/c1-26-33(24-40-18-16-38(17-19-40)45-20-21-46-38)47-37(48-36(26)30-10-8-27(25-41)9-11-30)31-14-12-29(13-15-31)32-5-2-4-28(22-32)23-39-34(42)6-3-7-35(43)44/h2,4-5,8-15,22,26,33,36-37,41H,3,6-7,16-21,23-25H2,1H3,(H,39,42)(H,43,44). The fraction of sp³-hybridized carbons (Fsp3) is 0.474. The number of likely N-dealkylation sites (tertiary alicyclic amines) is 1. The number of benzene rings is 3. The Morgan fingerprint density at radius 3 is 2.27 bits per heavy atom. The third-order valence-corrected chi connectivity index (χ3v) is 9.72. The van der Waals surface area contributed by atoms with Crippen LogP contribution in [0.25, 0.3) is 11.1 Å². The molecule has 3 aliphatic heterocycles. The molecule has 48 heavy (non-hydrogen) atoms. The summed E-state index contributed by atoms with van der Waals surface area (Å²) < 4.78 is 25.3. The lowest BCUT2D eigenvalue weighted by atomic mass is 9.89. The van der Waals surface area contributed by atoms with E-state index in [-0.39, 0.29) is 43.5 Å². The predicted molar refractivity (Wildman–Crippen MR) is 178 cm³/mol. The summed E-state index contributed by atoms with van der Waals surface area (Å²) >= 11 is 0. The number of rotatable bonds is 12. The maximum Gasteiger partial charge on any atom is 0.303 e. The molecule has 10 nitrogen and oxygen atoms in total. The molecule has 10 heteroatoms. The van der Waals surface area contributed by atoms with E-state index in [0.29, 0.717) is 26.2 Å². The minimum atomic E-state index is -0.896. The molecule has 0 bridgehead atoms. The van der Waals surface area contributed by atoms with E-state index in [4.69, 9.17) is 24.1 Å². The van der Waals surface area contributed by atoms with Gasteiger partial charge in [-0.1, -0.05) is 73.7 Å². The number of ether oxygens (including phenoxy) is 4. The molecular formula is C38H46N2O8. The average molecular weight is 659 g/mol. The van der Waals surface area contributed by atoms with Gasteiger partial charge in [0.05, 0.1) is 32.0 Å². The summed E-state index contributed by atoms with van der Waals surface area (Å²) in [6.45, 7) is 6.44. The Bertz CT molecular complexity index is 1510. The summed E-state index contributed by atoms with van der Waals surface area (Å²) in [5, 5.41) is 21.3. The summed E-state index contributed by atoms with van der Waals surface area (Å²) in [6.07, 6.45) is 1.39. The number of carbonyl (C=O) groups is 2. The number of hydrogen-bond acceptors (Lipinski definition) is 8. The summed E-state index contributed by atoms with van der Waals surface area (Å²) in [6, 6.07) is 24.2. The zero-order valence-corrected chi connectivity index (χ0v) is 27.5. The van der Waals surface area contributed by atoms with E-state index in [1.807, 2.05) is 48.5 Å². The highest BCUT2D eigenvalue weighted by molar-refractivity contribution is 5.76. The lowest BCUT2D eigenvalue weighted by molar-refractivity contribution is -0.278. The van der Waals surface area contributed by atoms with Gasteiger partial charge in [-0.25, -0.2) is 0 Å². The van der Waals surface area contributed by atoms with E-state index in [9.17, 15) is 14.7 Å². The van der Waals surface area contributed by atoms with Crippen molar-refractivity contribution in [1.29, 1.82) is 0 Å². The molecule has 0 aliphatic carbocycles. The van der Waals surface area contributed by atoms with Crippen LogP contribution < -0.4 is 5.32 Å². The molecule has 3 heterocycles. The highest BCUT2D eigenvalue weighted by Crippen LogP contribution is 2.42. The van der Waals surface area contributed by atoms with E-state index in [0.717, 1.165) is 65.9 Å². The van der Waals surface area contributed by atoms with Crippen molar-refractivity contribution in [3.63, 3.8) is 0 Å². The van der Waals surface area contributed by atoms with Crippen molar-refractivity contribution >= 4 is 11.9 Å². The second kappa shape index (κ2) is 15.7. The quantitative estimate of drug-likeness (QED) is 0.236. The Labute approximate surface area is 282 Å². The predicted octanol–water partition coefficient (Wildman–Crippen LogP) is 5.35. The number of nitrogens with one attached hydrogen (secondary N) is 1. The van der Waals surface area contributed by atoms with Crippen molar-refractivity contribution < 1.29 is 38.7 Å². The maximum absolute atomic E-state index is 12.1. The average Bonchev–Trinajstić information content (AvgIpc) is 3.57. The zero-order valence-electron chi connectivity index (χ0n) is 27.5. The summed E-state index contributed by atoms with van der Waals surface area (Å²) in [5.41, 5.74) is 5.88. The number of carbonyl (C=O) groups excluding carboxylic acids is 1. The first kappa shape index (κ1) is 34.2. The minimum Gasteiger partial charge on any atom is -0.481 e. The molecule has 3 aliphatic rings. The van der Waals surface area contributed by atoms with Gasteiger partial charge in [0.15, 0.2) is 12.1 Å². The topological polar surface area (TPSA) is 127 Å². The summed E-state index contributed by atoms with van der Waals surface area (Å²) in [4.78, 5) is 25.3. The first-order valence-electron chi connectivity index (χ1n) is 17.0. The van der Waals surface area contributed by atoms with Crippen molar-refractivity contribution in [2.24, 2.45) is 5.92 Å². The van der Waals surface area contributed by atoms with Gasteiger partial charge < -0.3 is 39.4 Å². The van der Waals surface area contributed by atoms with E-state index >= 15 is 0 Å². The van der Waals surface area contributed by atoms with Gasteiger partial charge >= 0.3 is 5.97 Å². The van der Waals surface area contributed by atoms with Gasteiger partial charge in [-0.15, -0.1) is 0 Å². The molecule has 6 rings (SSSR count). The largest absolute Gasteiger partial charge is 0.481 e. The monoisotopic (exact) mass is 658 g/mol. The van der Waals surface area contributed by atoms with Crippen molar-refractivity contribution in [3.8, 4) is 11.1 Å². The number of aliphatic hydroxyl groups excluding tert-OH is 1. The number of aliphatic hydroxyl groups is 1. The van der Waals surface area contributed by atoms with Crippen LogP contribution in [-0.4, -0.2) is 71.7 Å². The second-order valence-electron chi connectivity index (χ2n) is 13.1. The van der Waals surface area contributed by atoms with Crippen LogP contribution in [0.15, 0.2) is 72.8 Å². The molecule has 1 amide bonds. The third-order valence-electron chi connectivity index (χ3n) is 9.72. The number of aliphatic carboxylic acids is 1. The number of carboxylic acids is 1. The highest BCUT2D eigenvalue weighted by atomic mass is 16.7. The van der Waals surface area contributed by atoms with E-state index < -0.39 is 18.0 Å². The Kier molecular flexibility index (Phi) is 11.2. The van der Waals surface area contributed by atoms with Crippen LogP contribution in [0.4, 0.5) is 0 Å². The second-order valence-corrected chi connectivity index (χ2v) is 13.1. The number of amides is 1. The molecule has 3 fully saturated rings. The first-order valence-corrected chi connectivity index (χ1v) is 17.0. The SMILES string of the molecule is CC1C(CN2CCC3(CC2)OCCO3)OC(c2ccc(-c3cccc(CNC(=O)CCCC(=O)O)c3)cc2)OC1c1ccc(CO)cc1. The fourth-order valence-electron chi connectivity index (χ4n) is 6.83. The minimum absolute atomic E-state index is 0.00190. The molecule has 3 aromatic carbocycles. The molecule has 3 saturated heterocycles. The zero-order chi connectivity index (χ0) is 33.5. The molecule has 0 saturated carbocycles. The van der Waals surface area contributed by atoms with Crippen molar-refractivity contribution in [2.45, 2.75) is 76.5 Å². The van der Waals surface area contributed by atoms with Crippen molar-refractivity contribution in [3.05, 3.63) is 95.1 Å². The van der Waals surface area contributed by atoms with Crippen LogP contribution in [0.3, 0.4) is 0 Å². The Morgan fingerprint density at radius 2 is 1.58 bits per heavy atom. The van der Waals surface area contributed by atoms with Gasteiger partial charge in [0.25, 0.3) is 0 Å². The van der Waals surface area contributed by atoms with Gasteiger partial charge in [-0.2, -0.15) is 0 Å². The molecule has 4 unspecified atom stereocenters. The Balaban J connectivity index is 1.14. The molecule has 3 N–H and O–H groups in total. The molecule has 1 spiro atoms. The molecular weight excluding hydrogens is 612 g/mol. The molecule has 4 atom stereocenters. The van der Waals surface area contributed by atoms with Gasteiger partial charge in [0.2, 0.25) is 5.91 Å². The normalized spacial score (nSPS) is 24.0. The number of hydrogen-bond donors (Lipinski definition) is 3. The fourth-order valence-corrected chi connectivity index (χ4v) is 6.83. The Hall–Kier alpha value is -3.64. The van der Waals surface area contributed by atoms with Crippen LogP contribution in [0, 0.1) is 5.92 Å². The highest BCUT2D eigenvalue weighted by Gasteiger charge is 2.43. The van der Waals surface area contributed by atoms with E-state index in [2.05, 4.69) is 41.4 Å². The smallest absolute Gasteiger partial charge is 0.303 e. The van der Waals surface area contributed by atoms with Crippen molar-refractivity contribution in [1.82, 2.24) is 10.2 Å². The van der Waals surface area contributed by atoms with Gasteiger partial charge in [-0.05, 0) is 40.3 Å². The molecule has 0 aromatic heterocycles. The van der Waals surface area contributed by atoms with Crippen molar-refractivity contribution in [2.75, 3.05) is 32.8 Å². The van der Waals surface area contributed by atoms with Crippen LogP contribution in [0.1, 0.15) is 73.7 Å². The number of nitrogens with zero attached hydrogens (tertiary/aromatic N) is 1. The Morgan fingerprint density at radius 1 is 0.875 bits per heavy atom. The molecule has 256 valence electrons. The third kappa shape index (κ3) is 8.49. The summed E-state index contributed by atoms with van der Waals surface area (Å²) in [7, 11) is 0. The van der Waals surface area contributed by atoms with E-state index in [1.165, 1.54) is 0 Å². The number of piperidine rings is 1. The van der Waals surface area contributed by atoms with Gasteiger partial charge in [-0.3, -0.25) is 9.59 Å². The van der Waals surface area contributed by atoms with Crippen LogP contribution in [-0.2, 0) is 41.7 Å². The van der Waals surface area contributed by atoms with Gasteiger partial charge in [0, 0.05) is 63.3 Å². The number of carboxylic acid groups (broad SMARTS) is 1. The van der Waals surface area contributed by atoms with Gasteiger partial charge in [0.1, 0.15) is 0 Å². The lowest BCUT2D eigenvalue weighted by Crippen LogP contribution is -2.50. The lowest BCUT2D eigenvalue weighted by Gasteiger charge is -2.44. The molecule has 3 aromatic rings. The first-order chi connectivity index (χ1) is 23.3. The van der Waals surface area contributed by atoms with Crippen LogP contribution in [0.2, 0.25) is 0 Å². The maximum atomic E-state index is 12.1. The van der Waals surface area contributed by atoms with Crippen LogP contribution in [0.5, 0.6) is 0 Å².